The molecule has 0 aliphatic heterocycles. The quantitative estimate of drug-likeness (QED) is 0.883. The molecule has 0 radical (unpaired) electrons. The van der Waals surface area contributed by atoms with E-state index in [2.05, 4.69) is 16.4 Å². The summed E-state index contributed by atoms with van der Waals surface area (Å²) in [4.78, 5) is 4.47. The van der Waals surface area contributed by atoms with Crippen molar-refractivity contribution in [3.05, 3.63) is 30.5 Å². The van der Waals surface area contributed by atoms with Crippen molar-refractivity contribution in [2.45, 2.75) is 24.8 Å². The SMILES string of the molecule is COc1cccc2c(NC3(CN)CCC3)nccc12. The zero-order valence-electron chi connectivity index (χ0n) is 11.1. The number of rotatable bonds is 4. The predicted molar refractivity (Wildman–Crippen MR) is 77.6 cm³/mol. The highest BCUT2D eigenvalue weighted by molar-refractivity contribution is 5.96. The second-order valence-electron chi connectivity index (χ2n) is 5.18. The van der Waals surface area contributed by atoms with E-state index in [1.165, 1.54) is 6.42 Å². The van der Waals surface area contributed by atoms with Crippen LogP contribution < -0.4 is 15.8 Å². The summed E-state index contributed by atoms with van der Waals surface area (Å²) >= 11 is 0. The molecule has 1 aliphatic rings. The fourth-order valence-corrected chi connectivity index (χ4v) is 2.69. The van der Waals surface area contributed by atoms with Crippen molar-refractivity contribution in [1.29, 1.82) is 0 Å². The Morgan fingerprint density at radius 3 is 2.79 bits per heavy atom. The second kappa shape index (κ2) is 4.70. The van der Waals surface area contributed by atoms with E-state index in [1.54, 1.807) is 7.11 Å². The lowest BCUT2D eigenvalue weighted by Gasteiger charge is -2.42. The summed E-state index contributed by atoms with van der Waals surface area (Å²) in [5.74, 6) is 1.78. The van der Waals surface area contributed by atoms with Crippen LogP contribution in [0.3, 0.4) is 0 Å². The van der Waals surface area contributed by atoms with Crippen molar-refractivity contribution in [1.82, 2.24) is 4.98 Å². The molecule has 2 aromatic rings. The van der Waals surface area contributed by atoms with Crippen LogP contribution >= 0.6 is 0 Å². The number of hydrogen-bond acceptors (Lipinski definition) is 4. The summed E-state index contributed by atoms with van der Waals surface area (Å²) in [6.45, 7) is 0.648. The van der Waals surface area contributed by atoms with Gasteiger partial charge in [-0.05, 0) is 31.4 Å². The average molecular weight is 257 g/mol. The highest BCUT2D eigenvalue weighted by Gasteiger charge is 2.36. The molecule has 3 N–H and O–H groups in total. The van der Waals surface area contributed by atoms with E-state index in [4.69, 9.17) is 10.5 Å². The number of anilines is 1. The van der Waals surface area contributed by atoms with Gasteiger partial charge in [0.1, 0.15) is 11.6 Å². The number of nitrogens with two attached hydrogens (primary N) is 1. The first kappa shape index (κ1) is 12.2. The molecule has 3 rings (SSSR count). The first-order valence-corrected chi connectivity index (χ1v) is 6.68. The molecule has 1 aromatic heterocycles. The van der Waals surface area contributed by atoms with Crippen LogP contribution in [0.5, 0.6) is 5.75 Å². The maximum absolute atomic E-state index is 5.90. The molecule has 19 heavy (non-hydrogen) atoms. The topological polar surface area (TPSA) is 60.2 Å². The van der Waals surface area contributed by atoms with Gasteiger partial charge in [-0.15, -0.1) is 0 Å². The van der Waals surface area contributed by atoms with Gasteiger partial charge in [-0.3, -0.25) is 0 Å². The van der Waals surface area contributed by atoms with E-state index in [-0.39, 0.29) is 5.54 Å². The van der Waals surface area contributed by atoms with Crippen molar-refractivity contribution in [2.75, 3.05) is 19.0 Å². The summed E-state index contributed by atoms with van der Waals surface area (Å²) in [6.07, 6.45) is 5.28. The monoisotopic (exact) mass is 257 g/mol. The molecule has 0 atom stereocenters. The highest BCUT2D eigenvalue weighted by atomic mass is 16.5. The zero-order valence-corrected chi connectivity index (χ0v) is 11.1. The summed E-state index contributed by atoms with van der Waals surface area (Å²) in [5, 5.41) is 5.71. The van der Waals surface area contributed by atoms with E-state index in [1.807, 2.05) is 24.4 Å². The smallest absolute Gasteiger partial charge is 0.134 e. The van der Waals surface area contributed by atoms with E-state index in [0.717, 1.165) is 35.2 Å². The van der Waals surface area contributed by atoms with Crippen LogP contribution in [0, 0.1) is 0 Å². The molecular weight excluding hydrogens is 238 g/mol. The Kier molecular flexibility index (Phi) is 3.03. The van der Waals surface area contributed by atoms with Gasteiger partial charge in [-0.25, -0.2) is 4.98 Å². The van der Waals surface area contributed by atoms with Crippen LogP contribution in [0.1, 0.15) is 19.3 Å². The van der Waals surface area contributed by atoms with E-state index < -0.39 is 0 Å². The first-order valence-electron chi connectivity index (χ1n) is 6.68. The minimum atomic E-state index is 0.0321. The summed E-state index contributed by atoms with van der Waals surface area (Å²) in [5.41, 5.74) is 5.93. The van der Waals surface area contributed by atoms with Gasteiger partial charge in [-0.1, -0.05) is 12.1 Å². The lowest BCUT2D eigenvalue weighted by atomic mass is 9.77. The van der Waals surface area contributed by atoms with Crippen LogP contribution in [-0.4, -0.2) is 24.2 Å². The number of benzene rings is 1. The normalized spacial score (nSPS) is 16.9. The molecule has 1 aromatic carbocycles. The Hall–Kier alpha value is -1.81. The molecule has 1 fully saturated rings. The minimum absolute atomic E-state index is 0.0321. The summed E-state index contributed by atoms with van der Waals surface area (Å²) < 4.78 is 5.40. The zero-order chi connectivity index (χ0) is 13.3. The Balaban J connectivity index is 2.04. The van der Waals surface area contributed by atoms with Crippen molar-refractivity contribution < 1.29 is 4.74 Å². The minimum Gasteiger partial charge on any atom is -0.496 e. The summed E-state index contributed by atoms with van der Waals surface area (Å²) in [7, 11) is 1.69. The molecule has 100 valence electrons. The molecular formula is C15H19N3O. The van der Waals surface area contributed by atoms with Gasteiger partial charge < -0.3 is 15.8 Å². The lowest BCUT2D eigenvalue weighted by Crippen LogP contribution is -2.51. The lowest BCUT2D eigenvalue weighted by molar-refractivity contribution is 0.287. The number of nitrogens with zero attached hydrogens (tertiary/aromatic N) is 1. The maximum Gasteiger partial charge on any atom is 0.134 e. The number of methoxy groups -OCH3 is 1. The van der Waals surface area contributed by atoms with E-state index >= 15 is 0 Å². The third-order valence-corrected chi connectivity index (χ3v) is 4.07. The molecule has 0 saturated heterocycles. The highest BCUT2D eigenvalue weighted by Crippen LogP contribution is 2.36. The Labute approximate surface area is 113 Å². The largest absolute Gasteiger partial charge is 0.496 e. The molecule has 0 bridgehead atoms. The molecule has 0 amide bonds. The van der Waals surface area contributed by atoms with Gasteiger partial charge in [0.15, 0.2) is 0 Å². The fraction of sp³-hybridized carbons (Fsp3) is 0.400. The fourth-order valence-electron chi connectivity index (χ4n) is 2.69. The van der Waals surface area contributed by atoms with Gasteiger partial charge in [0.2, 0.25) is 0 Å². The molecule has 4 heteroatoms. The third-order valence-electron chi connectivity index (χ3n) is 4.07. The molecule has 1 saturated carbocycles. The standard InChI is InChI=1S/C15H19N3O/c1-19-13-5-2-4-12-11(13)6-9-17-14(12)18-15(10-16)7-3-8-15/h2,4-6,9H,3,7-8,10,16H2,1H3,(H,17,18). The maximum atomic E-state index is 5.90. The molecule has 4 nitrogen and oxygen atoms in total. The van der Waals surface area contributed by atoms with Gasteiger partial charge in [0.25, 0.3) is 0 Å². The van der Waals surface area contributed by atoms with Gasteiger partial charge in [0, 0.05) is 23.5 Å². The molecule has 1 heterocycles. The summed E-state index contributed by atoms with van der Waals surface area (Å²) in [6, 6.07) is 8.00. The van der Waals surface area contributed by atoms with Crippen molar-refractivity contribution in [3.8, 4) is 5.75 Å². The van der Waals surface area contributed by atoms with Gasteiger partial charge in [0.05, 0.1) is 12.6 Å². The van der Waals surface area contributed by atoms with E-state index in [9.17, 15) is 0 Å². The number of hydrogen-bond donors (Lipinski definition) is 2. The number of pyridine rings is 1. The number of nitrogens with one attached hydrogen (secondary N) is 1. The average Bonchev–Trinajstić information content (AvgIpc) is 2.42. The van der Waals surface area contributed by atoms with E-state index in [0.29, 0.717) is 6.54 Å². The second-order valence-corrected chi connectivity index (χ2v) is 5.18. The van der Waals surface area contributed by atoms with Crippen LogP contribution in [0.4, 0.5) is 5.82 Å². The van der Waals surface area contributed by atoms with Gasteiger partial charge in [-0.2, -0.15) is 0 Å². The first-order chi connectivity index (χ1) is 9.28. The van der Waals surface area contributed by atoms with Crippen molar-refractivity contribution >= 4 is 16.6 Å². The Morgan fingerprint density at radius 1 is 1.32 bits per heavy atom. The van der Waals surface area contributed by atoms with Crippen molar-refractivity contribution in [2.24, 2.45) is 5.73 Å². The molecule has 0 unspecified atom stereocenters. The molecule has 1 aliphatic carbocycles. The number of ether oxygens (including phenoxy) is 1. The molecule has 0 spiro atoms. The van der Waals surface area contributed by atoms with Crippen LogP contribution in [-0.2, 0) is 0 Å². The Morgan fingerprint density at radius 2 is 2.16 bits per heavy atom. The Bertz CT molecular complexity index is 587. The van der Waals surface area contributed by atoms with Crippen molar-refractivity contribution in [3.63, 3.8) is 0 Å². The van der Waals surface area contributed by atoms with Crippen LogP contribution in [0.25, 0.3) is 10.8 Å². The predicted octanol–water partition coefficient (Wildman–Crippen LogP) is 2.54. The van der Waals surface area contributed by atoms with Crippen LogP contribution in [0.15, 0.2) is 30.5 Å². The number of fused-ring (bicyclic) bond motifs is 1. The number of aromatic nitrogens is 1. The van der Waals surface area contributed by atoms with Gasteiger partial charge >= 0.3 is 0 Å². The third kappa shape index (κ3) is 2.02. The van der Waals surface area contributed by atoms with Crippen LogP contribution in [0.2, 0.25) is 0 Å².